The monoisotopic (exact) mass is 470 g/mol. The summed E-state index contributed by atoms with van der Waals surface area (Å²) < 4.78 is 5.97. The number of nitrogens with zero attached hydrogens (tertiary/aromatic N) is 2. The average molecular weight is 471 g/mol. The summed E-state index contributed by atoms with van der Waals surface area (Å²) in [5.41, 5.74) is 2.51. The maximum Gasteiger partial charge on any atom is 0.351 e. The molecule has 1 aliphatic heterocycles. The van der Waals surface area contributed by atoms with Gasteiger partial charge in [0.25, 0.3) is 0 Å². The van der Waals surface area contributed by atoms with Crippen LogP contribution in [0.25, 0.3) is 0 Å². The van der Waals surface area contributed by atoms with Gasteiger partial charge in [0, 0.05) is 10.2 Å². The molecule has 1 fully saturated rings. The largest absolute Gasteiger partial charge is 0.462 e. The van der Waals surface area contributed by atoms with Gasteiger partial charge in [-0.05, 0) is 50.1 Å². The van der Waals surface area contributed by atoms with Crippen molar-refractivity contribution in [3.63, 3.8) is 0 Å². The van der Waals surface area contributed by atoms with Gasteiger partial charge < -0.3 is 4.74 Å². The summed E-state index contributed by atoms with van der Waals surface area (Å²) in [5.74, 6) is -0.878. The second-order valence-electron chi connectivity index (χ2n) is 6.46. The van der Waals surface area contributed by atoms with Gasteiger partial charge in [0.2, 0.25) is 5.91 Å². The van der Waals surface area contributed by atoms with Crippen LogP contribution in [0.2, 0.25) is 0 Å². The molecule has 1 aliphatic rings. The number of anilines is 1. The van der Waals surface area contributed by atoms with E-state index in [1.165, 1.54) is 16.7 Å². The van der Waals surface area contributed by atoms with Crippen molar-refractivity contribution >= 4 is 45.3 Å². The van der Waals surface area contributed by atoms with E-state index in [-0.39, 0.29) is 18.1 Å². The first-order valence-electron chi connectivity index (χ1n) is 9.07. The van der Waals surface area contributed by atoms with Crippen molar-refractivity contribution in [2.24, 2.45) is 0 Å². The Morgan fingerprint density at radius 1 is 1.28 bits per heavy atom. The number of thioether (sulfide) groups is 1. The molecule has 1 saturated heterocycles. The second-order valence-corrected chi connectivity index (χ2v) is 8.57. The van der Waals surface area contributed by atoms with Crippen molar-refractivity contribution in [1.29, 1.82) is 5.26 Å². The van der Waals surface area contributed by atoms with E-state index in [1.54, 1.807) is 6.92 Å². The zero-order valence-electron chi connectivity index (χ0n) is 16.0. The van der Waals surface area contributed by atoms with E-state index in [1.807, 2.05) is 61.5 Å². The van der Waals surface area contributed by atoms with Crippen LogP contribution in [0.1, 0.15) is 18.1 Å². The molecule has 7 heteroatoms. The highest BCUT2D eigenvalue weighted by atomic mass is 79.9. The van der Waals surface area contributed by atoms with Crippen LogP contribution in [0.15, 0.2) is 63.6 Å². The number of benzene rings is 2. The summed E-state index contributed by atoms with van der Waals surface area (Å²) >= 11 is 4.68. The topological polar surface area (TPSA) is 70.4 Å². The molecule has 1 amide bonds. The molecular weight excluding hydrogens is 452 g/mol. The predicted octanol–water partition coefficient (Wildman–Crippen LogP) is 4.75. The van der Waals surface area contributed by atoms with Gasteiger partial charge in [-0.25, -0.2) is 4.79 Å². The molecule has 29 heavy (non-hydrogen) atoms. The predicted molar refractivity (Wildman–Crippen MR) is 117 cm³/mol. The smallest absolute Gasteiger partial charge is 0.351 e. The van der Waals surface area contributed by atoms with Crippen LogP contribution >= 0.6 is 27.7 Å². The van der Waals surface area contributed by atoms with Gasteiger partial charge in [0.15, 0.2) is 5.57 Å². The number of carbonyl (C=O) groups excluding carboxylic acids is 2. The number of halogens is 1. The Kier molecular flexibility index (Phi) is 6.78. The van der Waals surface area contributed by atoms with E-state index >= 15 is 0 Å². The Bertz CT molecular complexity index is 1010. The molecule has 1 heterocycles. The number of esters is 1. The molecule has 148 valence electrons. The van der Waals surface area contributed by atoms with Crippen molar-refractivity contribution in [1.82, 2.24) is 0 Å². The Morgan fingerprint density at radius 3 is 2.62 bits per heavy atom. The minimum absolute atomic E-state index is 0.150. The molecule has 0 unspecified atom stereocenters. The third-order valence-corrected chi connectivity index (χ3v) is 6.12. The minimum atomic E-state index is -0.717. The highest BCUT2D eigenvalue weighted by molar-refractivity contribution is 9.10. The lowest BCUT2D eigenvalue weighted by Gasteiger charge is -2.18. The van der Waals surface area contributed by atoms with Gasteiger partial charge in [-0.2, -0.15) is 5.26 Å². The van der Waals surface area contributed by atoms with E-state index in [2.05, 4.69) is 15.9 Å². The van der Waals surface area contributed by atoms with E-state index in [0.717, 1.165) is 15.6 Å². The molecule has 0 N–H and O–H groups in total. The number of rotatable bonds is 5. The molecule has 5 nitrogen and oxygen atoms in total. The molecule has 0 aliphatic carbocycles. The Balaban J connectivity index is 2.03. The quantitative estimate of drug-likeness (QED) is 0.358. The van der Waals surface area contributed by atoms with Crippen LogP contribution in [-0.4, -0.2) is 23.7 Å². The summed E-state index contributed by atoms with van der Waals surface area (Å²) in [6.45, 7) is 3.79. The van der Waals surface area contributed by atoms with Crippen molar-refractivity contribution in [2.45, 2.75) is 25.5 Å². The first kappa shape index (κ1) is 21.2. The summed E-state index contributed by atoms with van der Waals surface area (Å²) in [6.07, 6.45) is 0.482. The standard InChI is InChI=1S/C22H19BrN2O3S/c1-3-28-22(27)18(13-24)21-25(17-9-7-14(2)8-10-17)20(26)19(29-21)12-15-5-4-6-16(23)11-15/h4-11,19H,3,12H2,1-2H3/b21-18+/t19-/m0/s1. The van der Waals surface area contributed by atoms with Crippen molar-refractivity contribution in [3.8, 4) is 6.07 Å². The van der Waals surface area contributed by atoms with Crippen LogP contribution in [0.3, 0.4) is 0 Å². The molecule has 0 saturated carbocycles. The molecule has 0 radical (unpaired) electrons. The molecule has 0 aromatic heterocycles. The lowest BCUT2D eigenvalue weighted by molar-refractivity contribution is -0.138. The molecule has 2 aromatic rings. The Hall–Kier alpha value is -2.56. The third-order valence-electron chi connectivity index (χ3n) is 4.36. The van der Waals surface area contributed by atoms with Gasteiger partial charge in [-0.15, -0.1) is 0 Å². The highest BCUT2D eigenvalue weighted by Crippen LogP contribution is 2.42. The Morgan fingerprint density at radius 2 is 2.00 bits per heavy atom. The summed E-state index contributed by atoms with van der Waals surface area (Å²) in [5, 5.41) is 9.50. The van der Waals surface area contributed by atoms with Gasteiger partial charge in [0.05, 0.1) is 11.9 Å². The fourth-order valence-electron chi connectivity index (χ4n) is 2.98. The zero-order chi connectivity index (χ0) is 21.0. The van der Waals surface area contributed by atoms with Crippen molar-refractivity contribution in [3.05, 3.63) is 74.7 Å². The second kappa shape index (κ2) is 9.29. The zero-order valence-corrected chi connectivity index (χ0v) is 18.4. The molecule has 2 aromatic carbocycles. The number of ether oxygens (including phenoxy) is 1. The number of nitriles is 1. The van der Waals surface area contributed by atoms with E-state index < -0.39 is 11.2 Å². The number of amides is 1. The van der Waals surface area contributed by atoms with Gasteiger partial charge in [0.1, 0.15) is 11.1 Å². The normalized spacial score (nSPS) is 17.8. The highest BCUT2D eigenvalue weighted by Gasteiger charge is 2.41. The SMILES string of the molecule is CCOC(=O)/C(C#N)=C1/S[C@@H](Cc2cccc(Br)c2)C(=O)N1c1ccc(C)cc1. The van der Waals surface area contributed by atoms with Crippen LogP contribution < -0.4 is 4.90 Å². The maximum atomic E-state index is 13.3. The summed E-state index contributed by atoms with van der Waals surface area (Å²) in [7, 11) is 0. The number of hydrogen-bond donors (Lipinski definition) is 0. The van der Waals surface area contributed by atoms with Crippen LogP contribution in [-0.2, 0) is 20.7 Å². The fourth-order valence-corrected chi connectivity index (χ4v) is 4.73. The number of aryl methyl sites for hydroxylation is 1. The van der Waals surface area contributed by atoms with Gasteiger partial charge in [-0.1, -0.05) is 57.5 Å². The molecule has 0 spiro atoms. The van der Waals surface area contributed by atoms with Crippen molar-refractivity contribution in [2.75, 3.05) is 11.5 Å². The van der Waals surface area contributed by atoms with Gasteiger partial charge >= 0.3 is 5.97 Å². The Labute approximate surface area is 182 Å². The third kappa shape index (κ3) is 4.72. The first-order valence-corrected chi connectivity index (χ1v) is 10.7. The van der Waals surface area contributed by atoms with E-state index in [0.29, 0.717) is 17.1 Å². The number of hydrogen-bond acceptors (Lipinski definition) is 5. The number of carbonyl (C=O) groups is 2. The molecule has 3 rings (SSSR count). The molecule has 1 atom stereocenters. The van der Waals surface area contributed by atoms with Crippen LogP contribution in [0.4, 0.5) is 5.69 Å². The van der Waals surface area contributed by atoms with Crippen molar-refractivity contribution < 1.29 is 14.3 Å². The van der Waals surface area contributed by atoms with Crippen LogP contribution in [0.5, 0.6) is 0 Å². The average Bonchev–Trinajstić information content (AvgIpc) is 2.99. The summed E-state index contributed by atoms with van der Waals surface area (Å²) in [4.78, 5) is 27.1. The van der Waals surface area contributed by atoms with E-state index in [4.69, 9.17) is 4.74 Å². The fraction of sp³-hybridized carbons (Fsp3) is 0.227. The van der Waals surface area contributed by atoms with Gasteiger partial charge in [-0.3, -0.25) is 9.69 Å². The lowest BCUT2D eigenvalue weighted by atomic mass is 10.1. The minimum Gasteiger partial charge on any atom is -0.462 e. The maximum absolute atomic E-state index is 13.3. The molecule has 0 bridgehead atoms. The van der Waals surface area contributed by atoms with E-state index in [9.17, 15) is 14.9 Å². The lowest BCUT2D eigenvalue weighted by Crippen LogP contribution is -2.30. The first-order chi connectivity index (χ1) is 13.9. The molecular formula is C22H19BrN2O3S. The van der Waals surface area contributed by atoms with Crippen LogP contribution in [0, 0.1) is 18.3 Å². The summed E-state index contributed by atoms with van der Waals surface area (Å²) in [6, 6.07) is 17.1.